The van der Waals surface area contributed by atoms with Crippen LogP contribution in [0.5, 0.6) is 0 Å². The van der Waals surface area contributed by atoms with Crippen molar-refractivity contribution in [2.75, 3.05) is 13.1 Å². The van der Waals surface area contributed by atoms with Crippen LogP contribution in [0.25, 0.3) is 0 Å². The number of benzene rings is 1. The van der Waals surface area contributed by atoms with Crippen molar-refractivity contribution in [2.24, 2.45) is 0 Å². The van der Waals surface area contributed by atoms with Crippen molar-refractivity contribution in [3.05, 3.63) is 27.8 Å². The summed E-state index contributed by atoms with van der Waals surface area (Å²) in [6, 6.07) is 6.76. The van der Waals surface area contributed by atoms with Gasteiger partial charge in [0.15, 0.2) is 4.32 Å². The monoisotopic (exact) mass is 415 g/mol. The maximum atomic E-state index is 12.1. The largest absolute Gasteiger partial charge is 0.357 e. The van der Waals surface area contributed by atoms with Gasteiger partial charge in [-0.05, 0) is 60.7 Å². The maximum Gasteiger partial charge on any atom is 0.236 e. The number of rotatable bonds is 4. The Balaban J connectivity index is 2.89. The van der Waals surface area contributed by atoms with Crippen molar-refractivity contribution in [2.45, 2.75) is 18.7 Å². The highest BCUT2D eigenvalue weighted by atomic mass is 127. The van der Waals surface area contributed by atoms with Crippen LogP contribution in [0.2, 0.25) is 0 Å². The van der Waals surface area contributed by atoms with Gasteiger partial charge in [-0.1, -0.05) is 12.2 Å². The van der Waals surface area contributed by atoms with Crippen LogP contribution < -0.4 is 0 Å². The molecule has 1 aromatic rings. The van der Waals surface area contributed by atoms with Crippen LogP contribution in [-0.4, -0.2) is 30.7 Å². The zero-order valence-electron chi connectivity index (χ0n) is 10.1. The Hall–Kier alpha value is 0.140. The molecule has 3 nitrogen and oxygen atoms in total. The van der Waals surface area contributed by atoms with E-state index in [0.717, 1.165) is 14.4 Å². The Morgan fingerprint density at radius 2 is 1.78 bits per heavy atom. The van der Waals surface area contributed by atoms with E-state index < -0.39 is 8.87 Å². The van der Waals surface area contributed by atoms with Crippen LogP contribution in [0, 0.1) is 3.57 Å². The highest BCUT2D eigenvalue weighted by Gasteiger charge is 2.20. The lowest BCUT2D eigenvalue weighted by Crippen LogP contribution is -2.27. The first kappa shape index (κ1) is 16.2. The van der Waals surface area contributed by atoms with Gasteiger partial charge in [0.05, 0.1) is 4.90 Å². The average molecular weight is 415 g/mol. The van der Waals surface area contributed by atoms with Crippen LogP contribution in [0.15, 0.2) is 29.2 Å². The van der Waals surface area contributed by atoms with Gasteiger partial charge in [-0.2, -0.15) is 0 Å². The van der Waals surface area contributed by atoms with Gasteiger partial charge in [0.1, 0.15) is 0 Å². The second kappa shape index (κ2) is 7.06. The van der Waals surface area contributed by atoms with Crippen LogP contribution in [0.4, 0.5) is 0 Å². The zero-order valence-corrected chi connectivity index (χ0v) is 14.7. The predicted octanol–water partition coefficient (Wildman–Crippen LogP) is 3.34. The molecule has 100 valence electrons. The molecule has 0 aliphatic rings. The van der Waals surface area contributed by atoms with Gasteiger partial charge in [0.2, 0.25) is 8.87 Å². The maximum absolute atomic E-state index is 12.1. The van der Waals surface area contributed by atoms with Crippen molar-refractivity contribution >= 4 is 58.8 Å². The molecule has 0 atom stereocenters. The number of hydrogen-bond donors (Lipinski definition) is 0. The molecule has 1 rings (SSSR count). The number of halogens is 1. The fourth-order valence-corrected chi connectivity index (χ4v) is 5.32. The quantitative estimate of drug-likeness (QED) is 0.429. The van der Waals surface area contributed by atoms with E-state index in [0.29, 0.717) is 22.3 Å². The third kappa shape index (κ3) is 4.36. The van der Waals surface area contributed by atoms with Crippen molar-refractivity contribution in [1.29, 1.82) is 0 Å². The van der Waals surface area contributed by atoms with E-state index in [1.165, 1.54) is 0 Å². The molecule has 7 heteroatoms. The molecule has 0 aliphatic carbocycles. The average Bonchev–Trinajstić information content (AvgIpc) is 2.30. The third-order valence-corrected chi connectivity index (χ3v) is 7.03. The summed E-state index contributed by atoms with van der Waals surface area (Å²) in [5, 5.41) is 0. The number of hydrogen-bond acceptors (Lipinski definition) is 4. The summed E-state index contributed by atoms with van der Waals surface area (Å²) in [5.74, 6) is 0. The molecule has 0 aromatic heterocycles. The molecular formula is C11H14INO2S3. The summed E-state index contributed by atoms with van der Waals surface area (Å²) >= 11 is 7.29. The molecule has 18 heavy (non-hydrogen) atoms. The summed E-state index contributed by atoms with van der Waals surface area (Å²) in [5.41, 5.74) is 0. The molecule has 0 amide bonds. The van der Waals surface area contributed by atoms with Crippen LogP contribution in [0.1, 0.15) is 13.8 Å². The fraction of sp³-hybridized carbons (Fsp3) is 0.364. The fourth-order valence-electron chi connectivity index (χ4n) is 1.28. The molecule has 0 saturated carbocycles. The van der Waals surface area contributed by atoms with Crippen LogP contribution in [-0.2, 0) is 8.87 Å². The summed E-state index contributed by atoms with van der Waals surface area (Å²) in [7, 11) is -2.67. The predicted molar refractivity (Wildman–Crippen MR) is 89.5 cm³/mol. The van der Waals surface area contributed by atoms with E-state index >= 15 is 0 Å². The standard InChI is InChI=1S/C11H14INO2S3/c1-3-13(4-2)11(16)17-18(14,15)10-7-5-9(12)6-8-10/h5-8H,3-4H2,1-2H3. The second-order valence-corrected chi connectivity index (χ2v) is 9.07. The molecule has 0 spiro atoms. The molecule has 0 aliphatic heterocycles. The Morgan fingerprint density at radius 3 is 2.22 bits per heavy atom. The summed E-state index contributed by atoms with van der Waals surface area (Å²) in [6.07, 6.45) is 0. The van der Waals surface area contributed by atoms with E-state index in [9.17, 15) is 8.42 Å². The van der Waals surface area contributed by atoms with Gasteiger partial charge in [0.25, 0.3) is 0 Å². The summed E-state index contributed by atoms with van der Waals surface area (Å²) < 4.78 is 25.7. The van der Waals surface area contributed by atoms with Crippen molar-refractivity contribution in [1.82, 2.24) is 4.90 Å². The number of thiocarbonyl (C=S) groups is 1. The second-order valence-electron chi connectivity index (χ2n) is 3.43. The highest BCUT2D eigenvalue weighted by Crippen LogP contribution is 2.26. The van der Waals surface area contributed by atoms with E-state index in [4.69, 9.17) is 12.2 Å². The lowest BCUT2D eigenvalue weighted by Gasteiger charge is -2.20. The minimum absolute atomic E-state index is 0.294. The van der Waals surface area contributed by atoms with Gasteiger partial charge in [-0.15, -0.1) is 0 Å². The molecule has 1 aromatic carbocycles. The minimum atomic E-state index is -3.41. The van der Waals surface area contributed by atoms with Gasteiger partial charge >= 0.3 is 0 Å². The SMILES string of the molecule is CCN(CC)C(=S)SS(=O)(=O)c1ccc(I)cc1. The van der Waals surface area contributed by atoms with Crippen LogP contribution >= 0.6 is 45.6 Å². The first-order chi connectivity index (χ1) is 8.40. The summed E-state index contributed by atoms with van der Waals surface area (Å²) in [4.78, 5) is 2.15. The van der Waals surface area contributed by atoms with Gasteiger partial charge in [-0.25, -0.2) is 8.42 Å². The molecule has 0 fully saturated rings. The van der Waals surface area contributed by atoms with E-state index in [1.54, 1.807) is 24.3 Å². The Labute approximate surface area is 131 Å². The van der Waals surface area contributed by atoms with E-state index in [-0.39, 0.29) is 0 Å². The Kier molecular flexibility index (Phi) is 6.36. The van der Waals surface area contributed by atoms with E-state index in [2.05, 4.69) is 22.6 Å². The topological polar surface area (TPSA) is 37.4 Å². The minimum Gasteiger partial charge on any atom is -0.357 e. The Bertz CT molecular complexity index is 510. The zero-order chi connectivity index (χ0) is 13.8. The number of nitrogens with zero attached hydrogens (tertiary/aromatic N) is 1. The van der Waals surface area contributed by atoms with Crippen molar-refractivity contribution in [3.63, 3.8) is 0 Å². The van der Waals surface area contributed by atoms with Gasteiger partial charge < -0.3 is 4.90 Å². The van der Waals surface area contributed by atoms with Crippen molar-refractivity contribution < 1.29 is 8.42 Å². The smallest absolute Gasteiger partial charge is 0.236 e. The van der Waals surface area contributed by atoms with Gasteiger partial charge in [0, 0.05) is 27.5 Å². The molecule has 0 radical (unpaired) electrons. The highest BCUT2D eigenvalue weighted by molar-refractivity contribution is 14.1. The lowest BCUT2D eigenvalue weighted by molar-refractivity contribution is 0.482. The molecule has 0 unspecified atom stereocenters. The normalized spacial score (nSPS) is 11.3. The van der Waals surface area contributed by atoms with Gasteiger partial charge in [-0.3, -0.25) is 0 Å². The molecule has 0 bridgehead atoms. The summed E-state index contributed by atoms with van der Waals surface area (Å²) in [6.45, 7) is 5.33. The lowest BCUT2D eigenvalue weighted by atomic mass is 10.4. The molecule has 0 heterocycles. The Morgan fingerprint density at radius 1 is 1.28 bits per heavy atom. The third-order valence-electron chi connectivity index (χ3n) is 2.30. The first-order valence-electron chi connectivity index (χ1n) is 5.39. The molecule has 0 N–H and O–H groups in total. The first-order valence-corrected chi connectivity index (χ1v) is 9.70. The van der Waals surface area contributed by atoms with E-state index in [1.807, 2.05) is 18.7 Å². The van der Waals surface area contributed by atoms with Crippen LogP contribution in [0.3, 0.4) is 0 Å². The molecular weight excluding hydrogens is 401 g/mol. The van der Waals surface area contributed by atoms with Crippen molar-refractivity contribution in [3.8, 4) is 0 Å². The molecule has 0 saturated heterocycles.